The zero-order valence-electron chi connectivity index (χ0n) is 8.30. The molecule has 0 bridgehead atoms. The Bertz CT molecular complexity index is 297. The number of ketones is 1. The summed E-state index contributed by atoms with van der Waals surface area (Å²) in [7, 11) is -1.03. The van der Waals surface area contributed by atoms with E-state index >= 15 is 0 Å². The Morgan fingerprint density at radius 2 is 2.00 bits per heavy atom. The SMILES string of the molecule is C=CC(=O)C(CS(=O)(=O)O)N(C)C.N. The van der Waals surface area contributed by atoms with Crippen LogP contribution >= 0.6 is 0 Å². The summed E-state index contributed by atoms with van der Waals surface area (Å²) in [4.78, 5) is 12.5. The van der Waals surface area contributed by atoms with Gasteiger partial charge in [0.25, 0.3) is 10.1 Å². The van der Waals surface area contributed by atoms with Gasteiger partial charge in [0.1, 0.15) is 0 Å². The van der Waals surface area contributed by atoms with Gasteiger partial charge in [0.05, 0.1) is 11.8 Å². The second kappa shape index (κ2) is 5.86. The molecule has 0 saturated carbocycles. The van der Waals surface area contributed by atoms with Crippen molar-refractivity contribution in [3.63, 3.8) is 0 Å². The summed E-state index contributed by atoms with van der Waals surface area (Å²) in [6.07, 6.45) is 1.04. The third-order valence-electron chi connectivity index (χ3n) is 1.52. The predicted octanol–water partition coefficient (Wildman–Crippen LogP) is -0.278. The smallest absolute Gasteiger partial charge is 0.266 e. The maximum absolute atomic E-state index is 11.1. The van der Waals surface area contributed by atoms with E-state index in [0.717, 1.165) is 6.08 Å². The molecule has 0 aliphatic carbocycles. The first-order valence-corrected chi connectivity index (χ1v) is 5.16. The molecule has 7 heteroatoms. The van der Waals surface area contributed by atoms with Gasteiger partial charge in [-0.2, -0.15) is 8.42 Å². The molecule has 6 nitrogen and oxygen atoms in total. The van der Waals surface area contributed by atoms with Gasteiger partial charge in [0, 0.05) is 0 Å². The minimum atomic E-state index is -4.13. The van der Waals surface area contributed by atoms with Crippen LogP contribution in [0.1, 0.15) is 0 Å². The van der Waals surface area contributed by atoms with E-state index in [4.69, 9.17) is 4.55 Å². The summed E-state index contributed by atoms with van der Waals surface area (Å²) >= 11 is 0. The van der Waals surface area contributed by atoms with E-state index in [-0.39, 0.29) is 6.15 Å². The lowest BCUT2D eigenvalue weighted by Crippen LogP contribution is -2.40. The van der Waals surface area contributed by atoms with Crippen molar-refractivity contribution in [2.45, 2.75) is 6.04 Å². The molecule has 1 atom stereocenters. The summed E-state index contributed by atoms with van der Waals surface area (Å²) in [5, 5.41) is 0. The number of hydrogen-bond acceptors (Lipinski definition) is 5. The van der Waals surface area contributed by atoms with Crippen molar-refractivity contribution in [2.75, 3.05) is 19.8 Å². The number of likely N-dealkylation sites (N-methyl/N-ethyl adjacent to an activating group) is 1. The third kappa shape index (κ3) is 5.81. The molecular weight excluding hydrogens is 208 g/mol. The molecule has 0 heterocycles. The Balaban J connectivity index is 0. The molecule has 0 aromatic heterocycles. The van der Waals surface area contributed by atoms with Gasteiger partial charge in [0.15, 0.2) is 5.78 Å². The van der Waals surface area contributed by atoms with Crippen LogP contribution in [0.25, 0.3) is 0 Å². The van der Waals surface area contributed by atoms with Crippen LogP contribution in [-0.2, 0) is 14.9 Å². The van der Waals surface area contributed by atoms with Crippen molar-refractivity contribution >= 4 is 15.9 Å². The van der Waals surface area contributed by atoms with Crippen molar-refractivity contribution in [3.8, 4) is 0 Å². The van der Waals surface area contributed by atoms with E-state index < -0.39 is 27.7 Å². The van der Waals surface area contributed by atoms with Crippen molar-refractivity contribution in [1.82, 2.24) is 11.1 Å². The number of carbonyl (C=O) groups excluding carboxylic acids is 1. The largest absolute Gasteiger partial charge is 0.344 e. The first kappa shape index (κ1) is 15.7. The van der Waals surface area contributed by atoms with Crippen LogP contribution in [-0.4, -0.2) is 49.5 Å². The van der Waals surface area contributed by atoms with E-state index in [1.807, 2.05) is 0 Å². The lowest BCUT2D eigenvalue weighted by Gasteiger charge is -2.19. The van der Waals surface area contributed by atoms with Gasteiger partial charge in [-0.1, -0.05) is 6.58 Å². The van der Waals surface area contributed by atoms with Gasteiger partial charge in [-0.05, 0) is 20.2 Å². The van der Waals surface area contributed by atoms with Crippen molar-refractivity contribution in [3.05, 3.63) is 12.7 Å². The van der Waals surface area contributed by atoms with Gasteiger partial charge in [-0.15, -0.1) is 0 Å². The highest BCUT2D eigenvalue weighted by Crippen LogP contribution is 2.00. The van der Waals surface area contributed by atoms with Crippen LogP contribution in [0.15, 0.2) is 12.7 Å². The molecule has 0 saturated heterocycles. The van der Waals surface area contributed by atoms with E-state index in [0.29, 0.717) is 0 Å². The third-order valence-corrected chi connectivity index (χ3v) is 2.26. The Morgan fingerprint density at radius 1 is 1.57 bits per heavy atom. The quantitative estimate of drug-likeness (QED) is 0.491. The molecule has 84 valence electrons. The molecule has 4 N–H and O–H groups in total. The molecule has 0 rings (SSSR count). The predicted molar refractivity (Wildman–Crippen MR) is 54.1 cm³/mol. The molecule has 0 aromatic rings. The highest BCUT2D eigenvalue weighted by atomic mass is 32.2. The minimum absolute atomic E-state index is 0. The average molecular weight is 224 g/mol. The lowest BCUT2D eigenvalue weighted by atomic mass is 10.2. The molecule has 1 unspecified atom stereocenters. The summed E-state index contributed by atoms with van der Waals surface area (Å²) in [6.45, 7) is 3.24. The van der Waals surface area contributed by atoms with Crippen LogP contribution in [0, 0.1) is 0 Å². The van der Waals surface area contributed by atoms with Crippen LogP contribution in [0.3, 0.4) is 0 Å². The maximum Gasteiger partial charge on any atom is 0.266 e. The Hall–Kier alpha value is -0.760. The minimum Gasteiger partial charge on any atom is -0.344 e. The summed E-state index contributed by atoms with van der Waals surface area (Å²) < 4.78 is 29.6. The van der Waals surface area contributed by atoms with E-state index in [2.05, 4.69) is 6.58 Å². The number of rotatable bonds is 5. The highest BCUT2D eigenvalue weighted by Gasteiger charge is 2.23. The molecule has 0 aliphatic heterocycles. The monoisotopic (exact) mass is 224 g/mol. The van der Waals surface area contributed by atoms with Crippen molar-refractivity contribution in [2.24, 2.45) is 0 Å². The zero-order valence-corrected chi connectivity index (χ0v) is 9.12. The van der Waals surface area contributed by atoms with Gasteiger partial charge in [0.2, 0.25) is 0 Å². The molecule has 0 radical (unpaired) electrons. The highest BCUT2D eigenvalue weighted by molar-refractivity contribution is 7.85. The summed E-state index contributed by atoms with van der Waals surface area (Å²) in [5.41, 5.74) is 0. The van der Waals surface area contributed by atoms with Crippen molar-refractivity contribution in [1.29, 1.82) is 0 Å². The molecule has 14 heavy (non-hydrogen) atoms. The average Bonchev–Trinajstić information content (AvgIpc) is 1.96. The van der Waals surface area contributed by atoms with Crippen LogP contribution in [0.2, 0.25) is 0 Å². The fraction of sp³-hybridized carbons (Fsp3) is 0.571. The standard InChI is InChI=1S/C7H13NO4S.H3N/c1-4-7(9)6(8(2)3)5-13(10,11)12;/h4,6H,1,5H2,2-3H3,(H,10,11,12);1H3. The van der Waals surface area contributed by atoms with Crippen LogP contribution < -0.4 is 6.15 Å². The second-order valence-electron chi connectivity index (χ2n) is 2.83. The van der Waals surface area contributed by atoms with Gasteiger partial charge in [-0.3, -0.25) is 14.2 Å². The first-order valence-electron chi connectivity index (χ1n) is 3.56. The van der Waals surface area contributed by atoms with E-state index in [9.17, 15) is 13.2 Å². The molecule has 0 amide bonds. The number of carbonyl (C=O) groups is 1. The number of hydrogen-bond donors (Lipinski definition) is 2. The summed E-state index contributed by atoms with van der Waals surface area (Å²) in [6, 6.07) is -0.868. The Labute approximate surface area is 83.9 Å². The molecular formula is C7H16N2O4S. The van der Waals surface area contributed by atoms with Gasteiger partial charge >= 0.3 is 0 Å². The zero-order chi connectivity index (χ0) is 10.6. The molecule has 0 aromatic carbocycles. The van der Waals surface area contributed by atoms with Gasteiger partial charge < -0.3 is 6.15 Å². The molecule has 0 spiro atoms. The molecule has 0 aliphatic rings. The van der Waals surface area contributed by atoms with Gasteiger partial charge in [-0.25, -0.2) is 0 Å². The lowest BCUT2D eigenvalue weighted by molar-refractivity contribution is -0.118. The molecule has 0 fully saturated rings. The fourth-order valence-electron chi connectivity index (χ4n) is 0.821. The fourth-order valence-corrected chi connectivity index (χ4v) is 1.68. The maximum atomic E-state index is 11.1. The Morgan fingerprint density at radius 3 is 2.21 bits per heavy atom. The normalized spacial score (nSPS) is 13.1. The van der Waals surface area contributed by atoms with Crippen molar-refractivity contribution < 1.29 is 17.8 Å². The Kier molecular flexibility index (Phi) is 6.58. The number of nitrogens with zero attached hydrogens (tertiary/aromatic N) is 1. The van der Waals surface area contributed by atoms with Crippen LogP contribution in [0.5, 0.6) is 0 Å². The first-order chi connectivity index (χ1) is 5.78. The topological polar surface area (TPSA) is 110 Å². The summed E-state index contributed by atoms with van der Waals surface area (Å²) in [5.74, 6) is -1.03. The van der Waals surface area contributed by atoms with Crippen LogP contribution in [0.4, 0.5) is 0 Å². The second-order valence-corrected chi connectivity index (χ2v) is 4.33. The van der Waals surface area contributed by atoms with E-state index in [1.54, 1.807) is 14.1 Å². The van der Waals surface area contributed by atoms with E-state index in [1.165, 1.54) is 4.90 Å².